The Kier molecular flexibility index (Phi) is 5.01. The lowest BCUT2D eigenvalue weighted by Gasteiger charge is -2.33. The molecule has 0 bridgehead atoms. The quantitative estimate of drug-likeness (QED) is 0.859. The fourth-order valence-corrected chi connectivity index (χ4v) is 6.06. The maximum absolute atomic E-state index is 12.6. The van der Waals surface area contributed by atoms with Crippen molar-refractivity contribution < 1.29 is 13.2 Å². The van der Waals surface area contributed by atoms with Crippen molar-refractivity contribution >= 4 is 38.9 Å². The average molecular weight is 377 g/mol. The van der Waals surface area contributed by atoms with Gasteiger partial charge in [0.2, 0.25) is 5.91 Å². The monoisotopic (exact) mass is 376 g/mol. The summed E-state index contributed by atoms with van der Waals surface area (Å²) in [6, 6.07) is 3.53. The smallest absolute Gasteiger partial charge is 0.252 e. The minimum absolute atomic E-state index is 0.0587. The number of nitrogens with one attached hydrogen (secondary N) is 1. The first kappa shape index (κ1) is 17.2. The van der Waals surface area contributed by atoms with Crippen LogP contribution in [-0.4, -0.2) is 37.8 Å². The second-order valence-corrected chi connectivity index (χ2v) is 10.3. The van der Waals surface area contributed by atoms with Crippen LogP contribution >= 0.6 is 22.9 Å². The van der Waals surface area contributed by atoms with Crippen LogP contribution in [0.15, 0.2) is 16.3 Å². The van der Waals surface area contributed by atoms with Crippen molar-refractivity contribution in [2.75, 3.05) is 13.1 Å². The standard InChI is InChI=1S/C15H21ClN2O3S2/c1-10(15(19)17-12-2-3-12)11-6-8-18(9-7-11)23(20,21)14-5-4-13(16)22-14/h4-5,10-12H,2-3,6-9H2,1H3,(H,17,19)/t10-/m0/s1. The lowest BCUT2D eigenvalue weighted by atomic mass is 9.85. The van der Waals surface area contributed by atoms with Gasteiger partial charge < -0.3 is 5.32 Å². The molecule has 8 heteroatoms. The molecule has 2 aliphatic rings. The molecule has 0 aromatic carbocycles. The van der Waals surface area contributed by atoms with E-state index in [1.807, 2.05) is 6.92 Å². The fraction of sp³-hybridized carbons (Fsp3) is 0.667. The van der Waals surface area contributed by atoms with Crippen LogP contribution in [0.2, 0.25) is 4.34 Å². The van der Waals surface area contributed by atoms with Gasteiger partial charge in [0.1, 0.15) is 4.21 Å². The Morgan fingerprint density at radius 1 is 1.30 bits per heavy atom. The van der Waals surface area contributed by atoms with Crippen molar-refractivity contribution in [2.24, 2.45) is 11.8 Å². The van der Waals surface area contributed by atoms with E-state index in [1.165, 1.54) is 4.31 Å². The van der Waals surface area contributed by atoms with Crippen LogP contribution in [0.25, 0.3) is 0 Å². The van der Waals surface area contributed by atoms with Gasteiger partial charge in [0, 0.05) is 25.0 Å². The number of amides is 1. The Balaban J connectivity index is 1.58. The van der Waals surface area contributed by atoms with Crippen LogP contribution in [0, 0.1) is 11.8 Å². The molecule has 1 aromatic heterocycles. The molecule has 0 spiro atoms. The van der Waals surface area contributed by atoms with Gasteiger partial charge in [-0.2, -0.15) is 4.31 Å². The molecule has 1 atom stereocenters. The van der Waals surface area contributed by atoms with Crippen molar-refractivity contribution in [3.05, 3.63) is 16.5 Å². The van der Waals surface area contributed by atoms with Gasteiger partial charge >= 0.3 is 0 Å². The maximum atomic E-state index is 12.6. The molecule has 1 amide bonds. The number of carbonyl (C=O) groups excluding carboxylic acids is 1. The zero-order valence-corrected chi connectivity index (χ0v) is 15.4. The summed E-state index contributed by atoms with van der Waals surface area (Å²) >= 11 is 6.93. The molecular weight excluding hydrogens is 356 g/mol. The summed E-state index contributed by atoms with van der Waals surface area (Å²) in [5.74, 6) is 0.294. The van der Waals surface area contributed by atoms with E-state index in [4.69, 9.17) is 11.6 Å². The molecule has 1 saturated heterocycles. The molecule has 5 nitrogen and oxygen atoms in total. The normalized spacial score (nSPS) is 22.0. The fourth-order valence-electron chi connectivity index (χ4n) is 2.95. The summed E-state index contributed by atoms with van der Waals surface area (Å²) in [6.07, 6.45) is 3.60. The van der Waals surface area contributed by atoms with Crippen molar-refractivity contribution in [3.63, 3.8) is 0 Å². The van der Waals surface area contributed by atoms with Gasteiger partial charge in [-0.15, -0.1) is 11.3 Å². The molecule has 2 heterocycles. The highest BCUT2D eigenvalue weighted by atomic mass is 35.5. The number of piperidine rings is 1. The summed E-state index contributed by atoms with van der Waals surface area (Å²) in [4.78, 5) is 12.1. The number of hydrogen-bond donors (Lipinski definition) is 1. The zero-order valence-electron chi connectivity index (χ0n) is 13.0. The van der Waals surface area contributed by atoms with Crippen molar-refractivity contribution in [1.82, 2.24) is 9.62 Å². The molecule has 1 aliphatic heterocycles. The number of thiophene rings is 1. The van der Waals surface area contributed by atoms with Gasteiger partial charge in [0.15, 0.2) is 0 Å². The predicted molar refractivity (Wildman–Crippen MR) is 91.1 cm³/mol. The highest BCUT2D eigenvalue weighted by Gasteiger charge is 2.35. The third-order valence-corrected chi connectivity index (χ3v) is 8.28. The number of hydrogen-bond acceptors (Lipinski definition) is 4. The first-order chi connectivity index (χ1) is 10.9. The Morgan fingerprint density at radius 3 is 2.48 bits per heavy atom. The van der Waals surface area contributed by atoms with Gasteiger partial charge in [0.05, 0.1) is 4.34 Å². The van der Waals surface area contributed by atoms with Gasteiger partial charge in [0.25, 0.3) is 10.0 Å². The third-order valence-electron chi connectivity index (χ3n) is 4.69. The maximum Gasteiger partial charge on any atom is 0.252 e. The summed E-state index contributed by atoms with van der Waals surface area (Å²) in [5.41, 5.74) is 0. The van der Waals surface area contributed by atoms with E-state index >= 15 is 0 Å². The molecule has 2 fully saturated rings. The highest BCUT2D eigenvalue weighted by Crippen LogP contribution is 2.32. The predicted octanol–water partition coefficient (Wildman–Crippen LogP) is 2.72. The van der Waals surface area contributed by atoms with Crippen LogP contribution in [0.3, 0.4) is 0 Å². The van der Waals surface area contributed by atoms with E-state index in [9.17, 15) is 13.2 Å². The summed E-state index contributed by atoms with van der Waals surface area (Å²) < 4.78 is 27.4. The molecule has 23 heavy (non-hydrogen) atoms. The first-order valence-electron chi connectivity index (χ1n) is 7.94. The Morgan fingerprint density at radius 2 is 1.96 bits per heavy atom. The Hall–Kier alpha value is -0.630. The lowest BCUT2D eigenvalue weighted by Crippen LogP contribution is -2.42. The van der Waals surface area contributed by atoms with Crippen molar-refractivity contribution in [2.45, 2.75) is 42.9 Å². The first-order valence-corrected chi connectivity index (χ1v) is 10.6. The number of nitrogens with zero attached hydrogens (tertiary/aromatic N) is 1. The van der Waals surface area contributed by atoms with E-state index in [1.54, 1.807) is 12.1 Å². The molecule has 1 aromatic rings. The molecule has 128 valence electrons. The SMILES string of the molecule is C[C@H](C(=O)NC1CC1)C1CCN(S(=O)(=O)c2ccc(Cl)s2)CC1. The second-order valence-electron chi connectivity index (χ2n) is 6.37. The second kappa shape index (κ2) is 6.70. The third kappa shape index (κ3) is 3.90. The number of halogens is 1. The van der Waals surface area contributed by atoms with E-state index in [0.717, 1.165) is 37.0 Å². The average Bonchev–Trinajstić information content (AvgIpc) is 3.23. The summed E-state index contributed by atoms with van der Waals surface area (Å²) in [5, 5.41) is 3.04. The molecular formula is C15H21ClN2O3S2. The van der Waals surface area contributed by atoms with Crippen LogP contribution < -0.4 is 5.32 Å². The minimum atomic E-state index is -3.45. The molecule has 1 aliphatic carbocycles. The molecule has 1 N–H and O–H groups in total. The summed E-state index contributed by atoms with van der Waals surface area (Å²) in [6.45, 7) is 2.87. The van der Waals surface area contributed by atoms with Crippen LogP contribution in [0.4, 0.5) is 0 Å². The summed E-state index contributed by atoms with van der Waals surface area (Å²) in [7, 11) is -3.45. The topological polar surface area (TPSA) is 66.5 Å². The molecule has 1 saturated carbocycles. The number of rotatable bonds is 5. The van der Waals surface area contributed by atoms with Crippen molar-refractivity contribution in [1.29, 1.82) is 0 Å². The molecule has 0 unspecified atom stereocenters. The molecule has 0 radical (unpaired) electrons. The van der Waals surface area contributed by atoms with Crippen molar-refractivity contribution in [3.8, 4) is 0 Å². The number of carbonyl (C=O) groups is 1. The number of sulfonamides is 1. The highest BCUT2D eigenvalue weighted by molar-refractivity contribution is 7.91. The van der Waals surface area contributed by atoms with E-state index in [0.29, 0.717) is 27.7 Å². The molecule has 3 rings (SSSR count). The zero-order chi connectivity index (χ0) is 16.6. The minimum Gasteiger partial charge on any atom is -0.353 e. The van der Waals surface area contributed by atoms with Gasteiger partial charge in [-0.05, 0) is 43.7 Å². The largest absolute Gasteiger partial charge is 0.353 e. The van der Waals surface area contributed by atoms with Gasteiger partial charge in [-0.1, -0.05) is 18.5 Å². The van der Waals surface area contributed by atoms with Crippen LogP contribution in [-0.2, 0) is 14.8 Å². The van der Waals surface area contributed by atoms with Gasteiger partial charge in [-0.25, -0.2) is 8.42 Å². The Labute approximate surface area is 146 Å². The van der Waals surface area contributed by atoms with E-state index in [-0.39, 0.29) is 17.7 Å². The van der Waals surface area contributed by atoms with E-state index in [2.05, 4.69) is 5.32 Å². The van der Waals surface area contributed by atoms with Crippen LogP contribution in [0.1, 0.15) is 32.6 Å². The van der Waals surface area contributed by atoms with Crippen LogP contribution in [0.5, 0.6) is 0 Å². The van der Waals surface area contributed by atoms with Gasteiger partial charge in [-0.3, -0.25) is 4.79 Å². The lowest BCUT2D eigenvalue weighted by molar-refractivity contribution is -0.126. The Bertz CT molecular complexity index is 677. The van der Waals surface area contributed by atoms with E-state index < -0.39 is 10.0 Å².